The first-order chi connectivity index (χ1) is 5.46. The molecule has 12 heavy (non-hydrogen) atoms. The van der Waals surface area contributed by atoms with Gasteiger partial charge in [-0.2, -0.15) is 4.37 Å². The van der Waals surface area contributed by atoms with Gasteiger partial charge in [0.25, 0.3) is 0 Å². The van der Waals surface area contributed by atoms with Crippen LogP contribution >= 0.6 is 11.5 Å². The minimum atomic E-state index is 0.0795. The standard InChI is InChI=1S/C9H15NOS/c1-6-7(11-5)8(10-12-6)9(2,3)4/h1-5H3. The van der Waals surface area contributed by atoms with E-state index in [9.17, 15) is 0 Å². The summed E-state index contributed by atoms with van der Waals surface area (Å²) in [4.78, 5) is 1.16. The van der Waals surface area contributed by atoms with Crippen molar-refractivity contribution in [3.63, 3.8) is 0 Å². The monoisotopic (exact) mass is 185 g/mol. The minimum Gasteiger partial charge on any atom is -0.494 e. The van der Waals surface area contributed by atoms with Gasteiger partial charge in [-0.1, -0.05) is 20.8 Å². The molecule has 68 valence electrons. The van der Waals surface area contributed by atoms with Crippen LogP contribution in [0.15, 0.2) is 0 Å². The lowest BCUT2D eigenvalue weighted by molar-refractivity contribution is 0.394. The summed E-state index contributed by atoms with van der Waals surface area (Å²) in [5, 5.41) is 0. The number of rotatable bonds is 1. The molecule has 1 aromatic rings. The summed E-state index contributed by atoms with van der Waals surface area (Å²) in [7, 11) is 1.70. The van der Waals surface area contributed by atoms with Crippen LogP contribution < -0.4 is 4.74 Å². The van der Waals surface area contributed by atoms with Gasteiger partial charge in [0, 0.05) is 5.41 Å². The van der Waals surface area contributed by atoms with Gasteiger partial charge in [0.05, 0.1) is 12.0 Å². The average molecular weight is 185 g/mol. The van der Waals surface area contributed by atoms with E-state index in [1.807, 2.05) is 6.92 Å². The third-order valence-electron chi connectivity index (χ3n) is 1.72. The van der Waals surface area contributed by atoms with Crippen LogP contribution in [-0.4, -0.2) is 11.5 Å². The Kier molecular flexibility index (Phi) is 2.42. The third kappa shape index (κ3) is 1.61. The Labute approximate surface area is 77.7 Å². The fourth-order valence-corrected chi connectivity index (χ4v) is 1.93. The molecule has 0 aromatic carbocycles. The van der Waals surface area contributed by atoms with Gasteiger partial charge in [-0.05, 0) is 18.5 Å². The lowest BCUT2D eigenvalue weighted by Crippen LogP contribution is -2.12. The highest BCUT2D eigenvalue weighted by Gasteiger charge is 2.23. The van der Waals surface area contributed by atoms with E-state index in [-0.39, 0.29) is 5.41 Å². The molecule has 0 saturated heterocycles. The van der Waals surface area contributed by atoms with Gasteiger partial charge in [-0.25, -0.2) is 0 Å². The van der Waals surface area contributed by atoms with E-state index >= 15 is 0 Å². The van der Waals surface area contributed by atoms with Crippen molar-refractivity contribution in [1.82, 2.24) is 4.37 Å². The van der Waals surface area contributed by atoms with Crippen molar-refractivity contribution < 1.29 is 4.74 Å². The number of ether oxygens (including phenoxy) is 1. The molecule has 1 aromatic heterocycles. The molecule has 0 aliphatic heterocycles. The van der Waals surface area contributed by atoms with E-state index in [2.05, 4.69) is 25.1 Å². The first kappa shape index (κ1) is 9.52. The van der Waals surface area contributed by atoms with Gasteiger partial charge in [-0.3, -0.25) is 0 Å². The van der Waals surface area contributed by atoms with E-state index in [0.29, 0.717) is 0 Å². The van der Waals surface area contributed by atoms with Gasteiger partial charge in [-0.15, -0.1) is 0 Å². The minimum absolute atomic E-state index is 0.0795. The van der Waals surface area contributed by atoms with Crippen LogP contribution in [0.2, 0.25) is 0 Å². The summed E-state index contributed by atoms with van der Waals surface area (Å²) in [6.07, 6.45) is 0. The zero-order chi connectivity index (χ0) is 9.35. The maximum Gasteiger partial charge on any atom is 0.156 e. The van der Waals surface area contributed by atoms with Crippen molar-refractivity contribution in [2.75, 3.05) is 7.11 Å². The number of hydrogen-bond donors (Lipinski definition) is 0. The van der Waals surface area contributed by atoms with E-state index in [1.165, 1.54) is 11.5 Å². The second-order valence-electron chi connectivity index (χ2n) is 3.87. The molecule has 0 bridgehead atoms. The largest absolute Gasteiger partial charge is 0.494 e. The van der Waals surface area contributed by atoms with Gasteiger partial charge < -0.3 is 4.74 Å². The first-order valence-electron chi connectivity index (χ1n) is 3.97. The van der Waals surface area contributed by atoms with Gasteiger partial charge in [0.15, 0.2) is 5.75 Å². The molecule has 0 unspecified atom stereocenters. The van der Waals surface area contributed by atoms with Crippen molar-refractivity contribution in [2.45, 2.75) is 33.1 Å². The van der Waals surface area contributed by atoms with Crippen LogP contribution in [0.5, 0.6) is 5.75 Å². The fourth-order valence-electron chi connectivity index (χ4n) is 1.08. The Bertz CT molecular complexity index is 273. The Hall–Kier alpha value is -0.570. The molecule has 0 amide bonds. The molecule has 0 spiro atoms. The van der Waals surface area contributed by atoms with Gasteiger partial charge in [0.1, 0.15) is 5.69 Å². The molecule has 2 nitrogen and oxygen atoms in total. The SMILES string of the molecule is COc1c(C(C)(C)C)nsc1C. The van der Waals surface area contributed by atoms with Crippen molar-refractivity contribution in [3.8, 4) is 5.75 Å². The molecule has 0 radical (unpaired) electrons. The molecule has 0 saturated carbocycles. The number of hydrogen-bond acceptors (Lipinski definition) is 3. The molecule has 0 N–H and O–H groups in total. The lowest BCUT2D eigenvalue weighted by atomic mass is 9.91. The quantitative estimate of drug-likeness (QED) is 0.671. The molecule has 0 aliphatic carbocycles. The molecule has 0 aliphatic rings. The number of methoxy groups -OCH3 is 1. The summed E-state index contributed by atoms with van der Waals surface area (Å²) in [5.74, 6) is 0.951. The van der Waals surface area contributed by atoms with Gasteiger partial charge in [0.2, 0.25) is 0 Å². The van der Waals surface area contributed by atoms with Crippen LogP contribution in [0.3, 0.4) is 0 Å². The zero-order valence-electron chi connectivity index (χ0n) is 8.26. The van der Waals surface area contributed by atoms with Crippen LogP contribution in [0, 0.1) is 6.92 Å². The Morgan fingerprint density at radius 2 is 1.92 bits per heavy atom. The highest BCUT2D eigenvalue weighted by atomic mass is 32.1. The predicted molar refractivity (Wildman–Crippen MR) is 52.1 cm³/mol. The van der Waals surface area contributed by atoms with Crippen LogP contribution in [-0.2, 0) is 5.41 Å². The van der Waals surface area contributed by atoms with Crippen LogP contribution in [0.25, 0.3) is 0 Å². The molecule has 0 fully saturated rings. The second-order valence-corrected chi connectivity index (χ2v) is 4.85. The van der Waals surface area contributed by atoms with Crippen LogP contribution in [0.4, 0.5) is 0 Å². The van der Waals surface area contributed by atoms with E-state index in [4.69, 9.17) is 4.74 Å². The average Bonchev–Trinajstić information content (AvgIpc) is 2.29. The van der Waals surface area contributed by atoms with Crippen LogP contribution in [0.1, 0.15) is 31.3 Å². The molecular formula is C9H15NOS. The topological polar surface area (TPSA) is 22.1 Å². The van der Waals surface area contributed by atoms with E-state index in [1.54, 1.807) is 7.11 Å². The maximum atomic E-state index is 5.29. The van der Waals surface area contributed by atoms with Crippen molar-refractivity contribution in [2.24, 2.45) is 0 Å². The molecule has 1 rings (SSSR count). The summed E-state index contributed by atoms with van der Waals surface area (Å²) in [6.45, 7) is 8.46. The van der Waals surface area contributed by atoms with E-state index in [0.717, 1.165) is 16.3 Å². The summed E-state index contributed by atoms with van der Waals surface area (Å²) in [5.41, 5.74) is 1.14. The molecule has 0 atom stereocenters. The van der Waals surface area contributed by atoms with Crippen molar-refractivity contribution >= 4 is 11.5 Å². The first-order valence-corrected chi connectivity index (χ1v) is 4.75. The van der Waals surface area contributed by atoms with Crippen molar-refractivity contribution in [1.29, 1.82) is 0 Å². The lowest BCUT2D eigenvalue weighted by Gasteiger charge is -2.16. The predicted octanol–water partition coefficient (Wildman–Crippen LogP) is 2.76. The Morgan fingerprint density at radius 3 is 2.25 bits per heavy atom. The van der Waals surface area contributed by atoms with E-state index < -0.39 is 0 Å². The highest BCUT2D eigenvalue weighted by Crippen LogP contribution is 2.34. The summed E-state index contributed by atoms with van der Waals surface area (Å²) < 4.78 is 9.67. The number of aromatic nitrogens is 1. The molecule has 1 heterocycles. The zero-order valence-corrected chi connectivity index (χ0v) is 9.08. The summed E-state index contributed by atoms with van der Waals surface area (Å²) in [6, 6.07) is 0. The maximum absolute atomic E-state index is 5.29. The second kappa shape index (κ2) is 3.05. The number of nitrogens with zero attached hydrogens (tertiary/aromatic N) is 1. The smallest absolute Gasteiger partial charge is 0.156 e. The molecular weight excluding hydrogens is 170 g/mol. The third-order valence-corrected chi connectivity index (χ3v) is 2.46. The fraction of sp³-hybridized carbons (Fsp3) is 0.667. The number of aryl methyl sites for hydroxylation is 1. The van der Waals surface area contributed by atoms with Gasteiger partial charge >= 0.3 is 0 Å². The Balaban J connectivity index is 3.16. The van der Waals surface area contributed by atoms with Crippen molar-refractivity contribution in [3.05, 3.63) is 10.6 Å². The Morgan fingerprint density at radius 1 is 1.33 bits per heavy atom. The highest BCUT2D eigenvalue weighted by molar-refractivity contribution is 7.06. The normalized spacial score (nSPS) is 11.8. The summed E-state index contributed by atoms with van der Waals surface area (Å²) >= 11 is 1.51. The molecule has 3 heteroatoms.